The topological polar surface area (TPSA) is 32.7 Å². The lowest BCUT2D eigenvalue weighted by Gasteiger charge is -2.24. The zero-order valence-electron chi connectivity index (χ0n) is 10.8. The Hall–Kier alpha value is -1.60. The molecule has 0 atom stereocenters. The highest BCUT2D eigenvalue weighted by molar-refractivity contribution is 5.61. The van der Waals surface area contributed by atoms with Crippen LogP contribution in [0, 0.1) is 6.92 Å². The highest BCUT2D eigenvalue weighted by atomic mass is 16.1. The van der Waals surface area contributed by atoms with Crippen molar-refractivity contribution in [1.29, 1.82) is 0 Å². The van der Waals surface area contributed by atoms with Crippen LogP contribution in [-0.4, -0.2) is 19.2 Å². The first-order chi connectivity index (χ1) is 8.75. The van der Waals surface area contributed by atoms with Crippen molar-refractivity contribution in [2.45, 2.75) is 38.1 Å². The van der Waals surface area contributed by atoms with Gasteiger partial charge in [0.1, 0.15) is 5.54 Å². The van der Waals surface area contributed by atoms with Gasteiger partial charge in [0.05, 0.1) is 0 Å². The standard InChI is InChI=1S/C15H18N2O/c1-12-4-5-14(17-8-2-3-9-17)13(10-12)15(6-7-15)16-11-18/h4-5,10H,2-3,6-9H2,1H3. The van der Waals surface area contributed by atoms with Gasteiger partial charge >= 0.3 is 0 Å². The third kappa shape index (κ3) is 1.85. The van der Waals surface area contributed by atoms with Crippen LogP contribution in [0.15, 0.2) is 23.2 Å². The van der Waals surface area contributed by atoms with Crippen molar-refractivity contribution >= 4 is 11.8 Å². The quantitative estimate of drug-likeness (QED) is 0.603. The van der Waals surface area contributed by atoms with E-state index in [4.69, 9.17) is 0 Å². The van der Waals surface area contributed by atoms with Gasteiger partial charge in [0.2, 0.25) is 6.08 Å². The minimum atomic E-state index is -0.258. The predicted molar refractivity (Wildman–Crippen MR) is 71.7 cm³/mol. The van der Waals surface area contributed by atoms with Crippen molar-refractivity contribution in [3.63, 3.8) is 0 Å². The number of aliphatic imine (C=N–C) groups is 1. The molecule has 1 heterocycles. The fourth-order valence-electron chi connectivity index (χ4n) is 2.90. The lowest BCUT2D eigenvalue weighted by atomic mass is 10.00. The lowest BCUT2D eigenvalue weighted by Crippen LogP contribution is -2.21. The first-order valence-corrected chi connectivity index (χ1v) is 6.70. The molecule has 3 nitrogen and oxygen atoms in total. The number of carbonyl (C=O) groups excluding carboxylic acids is 1. The van der Waals surface area contributed by atoms with Gasteiger partial charge in [-0.05, 0) is 38.7 Å². The summed E-state index contributed by atoms with van der Waals surface area (Å²) in [5.41, 5.74) is 3.48. The van der Waals surface area contributed by atoms with Gasteiger partial charge in [-0.1, -0.05) is 17.7 Å². The van der Waals surface area contributed by atoms with Gasteiger partial charge in [-0.2, -0.15) is 4.99 Å². The van der Waals surface area contributed by atoms with Gasteiger partial charge in [0.25, 0.3) is 0 Å². The molecule has 1 aliphatic heterocycles. The molecular weight excluding hydrogens is 224 g/mol. The van der Waals surface area contributed by atoms with Crippen LogP contribution in [0.5, 0.6) is 0 Å². The molecule has 3 rings (SSSR count). The number of hydrogen-bond donors (Lipinski definition) is 0. The summed E-state index contributed by atoms with van der Waals surface area (Å²) < 4.78 is 0. The maximum absolute atomic E-state index is 10.6. The molecule has 0 unspecified atom stereocenters. The molecule has 94 valence electrons. The predicted octanol–water partition coefficient (Wildman–Crippen LogP) is 2.92. The summed E-state index contributed by atoms with van der Waals surface area (Å²) in [6.45, 7) is 4.34. The van der Waals surface area contributed by atoms with E-state index in [0.29, 0.717) is 0 Å². The molecule has 0 spiro atoms. The van der Waals surface area contributed by atoms with Gasteiger partial charge in [-0.25, -0.2) is 4.79 Å². The highest BCUT2D eigenvalue weighted by Gasteiger charge is 2.47. The molecule has 1 aliphatic carbocycles. The molecule has 2 fully saturated rings. The zero-order chi connectivity index (χ0) is 12.6. The van der Waals surface area contributed by atoms with E-state index in [0.717, 1.165) is 25.9 Å². The minimum Gasteiger partial charge on any atom is -0.371 e. The molecule has 1 saturated carbocycles. The van der Waals surface area contributed by atoms with Crippen LogP contribution in [0.3, 0.4) is 0 Å². The Morgan fingerprint density at radius 3 is 2.61 bits per heavy atom. The monoisotopic (exact) mass is 242 g/mol. The van der Waals surface area contributed by atoms with Gasteiger partial charge in [-0.3, -0.25) is 0 Å². The Morgan fingerprint density at radius 1 is 1.28 bits per heavy atom. The summed E-state index contributed by atoms with van der Waals surface area (Å²) in [7, 11) is 0. The SMILES string of the molecule is Cc1ccc(N2CCCC2)c(C2(N=C=O)CC2)c1. The second-order valence-electron chi connectivity index (χ2n) is 5.45. The van der Waals surface area contributed by atoms with Crippen LogP contribution >= 0.6 is 0 Å². The maximum Gasteiger partial charge on any atom is 0.235 e. The third-order valence-corrected chi connectivity index (χ3v) is 4.08. The first-order valence-electron chi connectivity index (χ1n) is 6.70. The fourth-order valence-corrected chi connectivity index (χ4v) is 2.90. The Kier molecular flexibility index (Phi) is 2.71. The summed E-state index contributed by atoms with van der Waals surface area (Å²) in [4.78, 5) is 17.2. The Morgan fingerprint density at radius 2 is 2.00 bits per heavy atom. The van der Waals surface area contributed by atoms with Crippen molar-refractivity contribution in [2.75, 3.05) is 18.0 Å². The van der Waals surface area contributed by atoms with Crippen LogP contribution < -0.4 is 4.90 Å². The van der Waals surface area contributed by atoms with E-state index < -0.39 is 0 Å². The van der Waals surface area contributed by atoms with Crippen molar-refractivity contribution in [2.24, 2.45) is 4.99 Å². The number of aryl methyl sites for hydroxylation is 1. The van der Waals surface area contributed by atoms with Gasteiger partial charge in [-0.15, -0.1) is 0 Å². The van der Waals surface area contributed by atoms with E-state index in [-0.39, 0.29) is 5.54 Å². The third-order valence-electron chi connectivity index (χ3n) is 4.08. The molecule has 0 aromatic heterocycles. The summed E-state index contributed by atoms with van der Waals surface area (Å²) in [5, 5.41) is 0. The van der Waals surface area contributed by atoms with E-state index >= 15 is 0 Å². The molecule has 3 heteroatoms. The second-order valence-corrected chi connectivity index (χ2v) is 5.45. The second kappa shape index (κ2) is 4.25. The Bertz CT molecular complexity index is 507. The van der Waals surface area contributed by atoms with Crippen LogP contribution in [0.25, 0.3) is 0 Å². The normalized spacial score (nSPS) is 20.6. The van der Waals surface area contributed by atoms with Crippen molar-refractivity contribution in [3.8, 4) is 0 Å². The smallest absolute Gasteiger partial charge is 0.235 e. The largest absolute Gasteiger partial charge is 0.371 e. The van der Waals surface area contributed by atoms with Crippen LogP contribution in [0.4, 0.5) is 5.69 Å². The van der Waals surface area contributed by atoms with Gasteiger partial charge in [0, 0.05) is 24.3 Å². The molecule has 0 radical (unpaired) electrons. The number of nitrogens with zero attached hydrogens (tertiary/aromatic N) is 2. The number of rotatable bonds is 3. The minimum absolute atomic E-state index is 0.258. The number of anilines is 1. The maximum atomic E-state index is 10.6. The van der Waals surface area contributed by atoms with Gasteiger partial charge in [0.15, 0.2) is 0 Å². The van der Waals surface area contributed by atoms with Crippen molar-refractivity contribution in [1.82, 2.24) is 0 Å². The summed E-state index contributed by atoms with van der Waals surface area (Å²) in [5.74, 6) is 0. The average Bonchev–Trinajstić information content (AvgIpc) is 2.95. The highest BCUT2D eigenvalue weighted by Crippen LogP contribution is 2.52. The lowest BCUT2D eigenvalue weighted by molar-refractivity contribution is 0.556. The first kappa shape index (κ1) is 11.5. The number of benzene rings is 1. The number of isocyanates is 1. The van der Waals surface area contributed by atoms with Crippen molar-refractivity contribution < 1.29 is 4.79 Å². The summed E-state index contributed by atoms with van der Waals surface area (Å²) in [6, 6.07) is 6.54. The Balaban J connectivity index is 2.06. The molecule has 1 saturated heterocycles. The van der Waals surface area contributed by atoms with Crippen LogP contribution in [-0.2, 0) is 10.3 Å². The van der Waals surface area contributed by atoms with Crippen LogP contribution in [0.2, 0.25) is 0 Å². The molecule has 0 N–H and O–H groups in total. The molecule has 1 aromatic carbocycles. The zero-order valence-corrected chi connectivity index (χ0v) is 10.8. The molecule has 2 aliphatic rings. The summed E-state index contributed by atoms with van der Waals surface area (Å²) >= 11 is 0. The van der Waals surface area contributed by atoms with E-state index in [1.54, 1.807) is 6.08 Å². The van der Waals surface area contributed by atoms with Gasteiger partial charge < -0.3 is 4.90 Å². The molecule has 18 heavy (non-hydrogen) atoms. The van der Waals surface area contributed by atoms with Crippen molar-refractivity contribution in [3.05, 3.63) is 29.3 Å². The average molecular weight is 242 g/mol. The van der Waals surface area contributed by atoms with E-state index in [1.807, 2.05) is 0 Å². The van der Waals surface area contributed by atoms with Crippen LogP contribution in [0.1, 0.15) is 36.8 Å². The molecule has 0 amide bonds. The van der Waals surface area contributed by atoms with E-state index in [9.17, 15) is 4.79 Å². The molecule has 0 bridgehead atoms. The Labute approximate surface area is 108 Å². The molecule has 1 aromatic rings. The van der Waals surface area contributed by atoms with E-state index in [2.05, 4.69) is 35.0 Å². The fraction of sp³-hybridized carbons (Fsp3) is 0.533. The number of hydrogen-bond acceptors (Lipinski definition) is 3. The van der Waals surface area contributed by atoms with E-state index in [1.165, 1.54) is 29.7 Å². The molecular formula is C15H18N2O. The summed E-state index contributed by atoms with van der Waals surface area (Å²) in [6.07, 6.45) is 6.24.